The Hall–Kier alpha value is -2.26. The lowest BCUT2D eigenvalue weighted by Gasteiger charge is -2.16. The molecule has 0 bridgehead atoms. The normalized spacial score (nSPS) is 13.9. The Morgan fingerprint density at radius 2 is 2.00 bits per heavy atom. The molecule has 3 rings (SSSR count). The number of carbonyl (C=O) groups excluding carboxylic acids is 1. The minimum absolute atomic E-state index is 0.149. The Labute approximate surface area is 153 Å². The maximum absolute atomic E-state index is 12.6. The van der Waals surface area contributed by atoms with Crippen LogP contribution in [0.15, 0.2) is 17.0 Å². The van der Waals surface area contributed by atoms with Gasteiger partial charge in [0.1, 0.15) is 5.82 Å². The second kappa shape index (κ2) is 6.81. The van der Waals surface area contributed by atoms with E-state index in [9.17, 15) is 13.2 Å². The van der Waals surface area contributed by atoms with E-state index in [0.717, 1.165) is 40.9 Å². The van der Waals surface area contributed by atoms with Crippen LogP contribution in [0, 0.1) is 13.8 Å². The van der Waals surface area contributed by atoms with E-state index in [2.05, 4.69) is 15.5 Å². The summed E-state index contributed by atoms with van der Waals surface area (Å²) in [6.45, 7) is 4.66. The molecule has 2 heterocycles. The standard InChI is InChI=1S/C17H23N5O3S/c1-11-8-13(9-14(12(11)2)26(24,25)21(3)4)17(23)18-10-16-20-19-15-6-5-7-22(15)16/h8-9H,5-7,10H2,1-4H3,(H,18,23). The molecule has 1 aromatic heterocycles. The van der Waals surface area contributed by atoms with Gasteiger partial charge in [0.25, 0.3) is 5.91 Å². The van der Waals surface area contributed by atoms with Gasteiger partial charge in [0.05, 0.1) is 11.4 Å². The van der Waals surface area contributed by atoms with Gasteiger partial charge in [-0.05, 0) is 43.5 Å². The van der Waals surface area contributed by atoms with Crippen LogP contribution in [-0.2, 0) is 29.5 Å². The van der Waals surface area contributed by atoms with E-state index in [0.29, 0.717) is 11.1 Å². The van der Waals surface area contributed by atoms with Crippen molar-refractivity contribution in [1.82, 2.24) is 24.4 Å². The summed E-state index contributed by atoms with van der Waals surface area (Å²) < 4.78 is 28.2. The molecule has 0 spiro atoms. The molecule has 1 aromatic carbocycles. The highest BCUT2D eigenvalue weighted by molar-refractivity contribution is 7.89. The van der Waals surface area contributed by atoms with Crippen LogP contribution in [0.3, 0.4) is 0 Å². The van der Waals surface area contributed by atoms with Crippen LogP contribution < -0.4 is 5.32 Å². The van der Waals surface area contributed by atoms with Gasteiger partial charge in [0, 0.05) is 32.6 Å². The lowest BCUT2D eigenvalue weighted by Crippen LogP contribution is -2.27. The molecule has 1 aliphatic rings. The molecule has 0 unspecified atom stereocenters. The van der Waals surface area contributed by atoms with Gasteiger partial charge < -0.3 is 9.88 Å². The van der Waals surface area contributed by atoms with Crippen LogP contribution in [0.1, 0.15) is 39.6 Å². The summed E-state index contributed by atoms with van der Waals surface area (Å²) in [5, 5.41) is 11.0. The molecule has 0 fully saturated rings. The summed E-state index contributed by atoms with van der Waals surface area (Å²) in [6.07, 6.45) is 1.94. The Morgan fingerprint density at radius 3 is 2.69 bits per heavy atom. The molecular formula is C17H23N5O3S. The number of benzene rings is 1. The first-order valence-electron chi connectivity index (χ1n) is 8.44. The van der Waals surface area contributed by atoms with Gasteiger partial charge in [-0.3, -0.25) is 4.79 Å². The van der Waals surface area contributed by atoms with E-state index < -0.39 is 10.0 Å². The van der Waals surface area contributed by atoms with Crippen LogP contribution in [0.4, 0.5) is 0 Å². The SMILES string of the molecule is Cc1cc(C(=O)NCc2nnc3n2CCC3)cc(S(=O)(=O)N(C)C)c1C. The zero-order valence-electron chi connectivity index (χ0n) is 15.4. The largest absolute Gasteiger partial charge is 0.345 e. The third kappa shape index (κ3) is 3.24. The molecule has 0 saturated carbocycles. The number of carbonyl (C=O) groups is 1. The van der Waals surface area contributed by atoms with E-state index in [4.69, 9.17) is 0 Å². The van der Waals surface area contributed by atoms with Crippen LogP contribution >= 0.6 is 0 Å². The van der Waals surface area contributed by atoms with Gasteiger partial charge in [-0.2, -0.15) is 0 Å². The maximum atomic E-state index is 12.6. The number of fused-ring (bicyclic) bond motifs is 1. The van der Waals surface area contributed by atoms with Gasteiger partial charge >= 0.3 is 0 Å². The van der Waals surface area contributed by atoms with Crippen molar-refractivity contribution in [2.75, 3.05) is 14.1 Å². The van der Waals surface area contributed by atoms with Crippen molar-refractivity contribution in [2.24, 2.45) is 0 Å². The molecule has 1 N–H and O–H groups in total. The number of hydrogen-bond acceptors (Lipinski definition) is 5. The number of nitrogens with zero attached hydrogens (tertiary/aromatic N) is 4. The lowest BCUT2D eigenvalue weighted by molar-refractivity contribution is 0.0949. The Morgan fingerprint density at radius 1 is 1.27 bits per heavy atom. The zero-order valence-corrected chi connectivity index (χ0v) is 16.2. The van der Waals surface area contributed by atoms with Crippen molar-refractivity contribution < 1.29 is 13.2 Å². The first-order chi connectivity index (χ1) is 12.2. The molecule has 0 radical (unpaired) electrons. The predicted octanol–water partition coefficient (Wildman–Crippen LogP) is 1.02. The van der Waals surface area contributed by atoms with Gasteiger partial charge in [0.15, 0.2) is 5.82 Å². The van der Waals surface area contributed by atoms with E-state index in [1.54, 1.807) is 19.9 Å². The van der Waals surface area contributed by atoms with Crippen molar-refractivity contribution in [3.05, 3.63) is 40.5 Å². The van der Waals surface area contributed by atoms with E-state index in [-0.39, 0.29) is 17.3 Å². The third-order valence-corrected chi connectivity index (χ3v) is 6.67. The molecule has 0 atom stereocenters. The van der Waals surface area contributed by atoms with E-state index in [1.165, 1.54) is 20.2 Å². The average Bonchev–Trinajstić information content (AvgIpc) is 3.18. The topological polar surface area (TPSA) is 97.2 Å². The Kier molecular flexibility index (Phi) is 4.85. The maximum Gasteiger partial charge on any atom is 0.251 e. The zero-order chi connectivity index (χ0) is 19.1. The van der Waals surface area contributed by atoms with E-state index in [1.807, 2.05) is 4.57 Å². The molecule has 2 aromatic rings. The summed E-state index contributed by atoms with van der Waals surface area (Å²) in [5.74, 6) is 1.33. The second-order valence-electron chi connectivity index (χ2n) is 6.67. The summed E-state index contributed by atoms with van der Waals surface area (Å²) in [7, 11) is -0.676. The Balaban J connectivity index is 1.84. The molecule has 26 heavy (non-hydrogen) atoms. The monoisotopic (exact) mass is 377 g/mol. The van der Waals surface area contributed by atoms with E-state index >= 15 is 0 Å². The molecule has 8 nitrogen and oxygen atoms in total. The predicted molar refractivity (Wildman–Crippen MR) is 96.3 cm³/mol. The number of sulfonamides is 1. The number of nitrogens with one attached hydrogen (secondary N) is 1. The summed E-state index contributed by atoms with van der Waals surface area (Å²) in [6, 6.07) is 3.13. The van der Waals surface area contributed by atoms with Gasteiger partial charge in [0.2, 0.25) is 10.0 Å². The van der Waals surface area contributed by atoms with Crippen LogP contribution in [0.5, 0.6) is 0 Å². The third-order valence-electron chi connectivity index (χ3n) is 4.73. The van der Waals surface area contributed by atoms with Crippen molar-refractivity contribution in [1.29, 1.82) is 0 Å². The minimum atomic E-state index is -3.63. The fourth-order valence-electron chi connectivity index (χ4n) is 3.03. The summed E-state index contributed by atoms with van der Waals surface area (Å²) >= 11 is 0. The minimum Gasteiger partial charge on any atom is -0.345 e. The summed E-state index contributed by atoms with van der Waals surface area (Å²) in [5.41, 5.74) is 1.71. The fraction of sp³-hybridized carbons (Fsp3) is 0.471. The number of aromatic nitrogens is 3. The van der Waals surface area contributed by atoms with Crippen LogP contribution in [0.2, 0.25) is 0 Å². The number of aryl methyl sites for hydroxylation is 2. The van der Waals surface area contributed by atoms with Crippen LogP contribution in [-0.4, -0.2) is 47.5 Å². The van der Waals surface area contributed by atoms with Crippen molar-refractivity contribution >= 4 is 15.9 Å². The quantitative estimate of drug-likeness (QED) is 0.839. The molecular weight excluding hydrogens is 354 g/mol. The first kappa shape index (κ1) is 18.5. The highest BCUT2D eigenvalue weighted by atomic mass is 32.2. The lowest BCUT2D eigenvalue weighted by atomic mass is 10.1. The fourth-order valence-corrected chi connectivity index (χ4v) is 4.24. The van der Waals surface area contributed by atoms with Gasteiger partial charge in [-0.25, -0.2) is 12.7 Å². The van der Waals surface area contributed by atoms with Crippen molar-refractivity contribution in [3.63, 3.8) is 0 Å². The smallest absolute Gasteiger partial charge is 0.251 e. The molecule has 0 aliphatic carbocycles. The number of rotatable bonds is 5. The summed E-state index contributed by atoms with van der Waals surface area (Å²) in [4.78, 5) is 12.7. The average molecular weight is 377 g/mol. The Bertz CT molecular complexity index is 963. The number of hydrogen-bond donors (Lipinski definition) is 1. The second-order valence-corrected chi connectivity index (χ2v) is 8.79. The van der Waals surface area contributed by atoms with Gasteiger partial charge in [-0.15, -0.1) is 10.2 Å². The van der Waals surface area contributed by atoms with Crippen molar-refractivity contribution in [2.45, 2.75) is 44.7 Å². The van der Waals surface area contributed by atoms with Gasteiger partial charge in [-0.1, -0.05) is 0 Å². The number of amides is 1. The molecule has 0 saturated heterocycles. The molecule has 1 aliphatic heterocycles. The molecule has 9 heteroatoms. The first-order valence-corrected chi connectivity index (χ1v) is 9.88. The molecule has 140 valence electrons. The highest BCUT2D eigenvalue weighted by Gasteiger charge is 2.23. The van der Waals surface area contributed by atoms with Crippen LogP contribution in [0.25, 0.3) is 0 Å². The highest BCUT2D eigenvalue weighted by Crippen LogP contribution is 2.23. The van der Waals surface area contributed by atoms with Crippen molar-refractivity contribution in [3.8, 4) is 0 Å². The molecule has 1 amide bonds.